The molecule has 2 aromatic carbocycles. The van der Waals surface area contributed by atoms with E-state index in [0.717, 1.165) is 16.8 Å². The molecule has 1 heterocycles. The van der Waals surface area contributed by atoms with Crippen molar-refractivity contribution >= 4 is 0 Å². The molecule has 0 aliphatic carbocycles. The summed E-state index contributed by atoms with van der Waals surface area (Å²) in [7, 11) is 0. The first kappa shape index (κ1) is 10.7. The molecule has 0 aliphatic heterocycles. The van der Waals surface area contributed by atoms with Gasteiger partial charge >= 0.3 is 0 Å². The van der Waals surface area contributed by atoms with E-state index in [1.807, 2.05) is 54.7 Å². The average molecular weight is 230 g/mol. The van der Waals surface area contributed by atoms with Gasteiger partial charge in [-0.2, -0.15) is 0 Å². The molecule has 0 amide bonds. The highest BCUT2D eigenvalue weighted by molar-refractivity contribution is 5.66. The van der Waals surface area contributed by atoms with Crippen LogP contribution in [-0.2, 0) is 0 Å². The Bertz CT molecular complexity index is 554. The topological polar surface area (TPSA) is 12.9 Å². The summed E-state index contributed by atoms with van der Waals surface area (Å²) >= 11 is 0. The number of aromatic nitrogens is 1. The SMILES string of the molecule is [c]1ccccc1-c1ccc(-c2ccccc2)cn1. The largest absolute Gasteiger partial charge is 0.256 e. The molecule has 0 aliphatic rings. The van der Waals surface area contributed by atoms with E-state index in [0.29, 0.717) is 0 Å². The van der Waals surface area contributed by atoms with Crippen LogP contribution in [0.5, 0.6) is 0 Å². The lowest BCUT2D eigenvalue weighted by Gasteiger charge is -2.03. The summed E-state index contributed by atoms with van der Waals surface area (Å²) in [6, 6.07) is 25.5. The highest BCUT2D eigenvalue weighted by atomic mass is 14.7. The second-order valence-corrected chi connectivity index (χ2v) is 4.07. The predicted octanol–water partition coefficient (Wildman–Crippen LogP) is 4.22. The molecule has 1 nitrogen and oxygen atoms in total. The molecule has 0 fully saturated rings. The third-order valence-corrected chi connectivity index (χ3v) is 2.86. The van der Waals surface area contributed by atoms with E-state index < -0.39 is 0 Å². The number of benzene rings is 2. The van der Waals surface area contributed by atoms with Gasteiger partial charge < -0.3 is 0 Å². The Hall–Kier alpha value is -2.41. The fourth-order valence-corrected chi connectivity index (χ4v) is 1.91. The number of hydrogen-bond donors (Lipinski definition) is 0. The van der Waals surface area contributed by atoms with E-state index in [9.17, 15) is 0 Å². The van der Waals surface area contributed by atoms with Crippen LogP contribution in [0.2, 0.25) is 0 Å². The highest BCUT2D eigenvalue weighted by Gasteiger charge is 2.00. The molecule has 0 spiro atoms. The molecule has 1 aromatic heterocycles. The van der Waals surface area contributed by atoms with E-state index in [2.05, 4.69) is 29.2 Å². The van der Waals surface area contributed by atoms with Gasteiger partial charge in [-0.1, -0.05) is 60.7 Å². The van der Waals surface area contributed by atoms with Crippen molar-refractivity contribution < 1.29 is 0 Å². The minimum absolute atomic E-state index is 0.954. The molecule has 0 saturated carbocycles. The summed E-state index contributed by atoms with van der Waals surface area (Å²) in [5.74, 6) is 0. The lowest BCUT2D eigenvalue weighted by molar-refractivity contribution is 1.32. The number of hydrogen-bond acceptors (Lipinski definition) is 1. The second kappa shape index (κ2) is 4.84. The molecular formula is C17H12N. The van der Waals surface area contributed by atoms with Crippen molar-refractivity contribution in [1.29, 1.82) is 0 Å². The first-order chi connectivity index (χ1) is 8.93. The van der Waals surface area contributed by atoms with E-state index in [-0.39, 0.29) is 0 Å². The van der Waals surface area contributed by atoms with Gasteiger partial charge in [0, 0.05) is 17.3 Å². The molecule has 0 atom stereocenters. The molecular weight excluding hydrogens is 218 g/mol. The molecule has 85 valence electrons. The van der Waals surface area contributed by atoms with Crippen LogP contribution >= 0.6 is 0 Å². The Labute approximate surface area is 107 Å². The lowest BCUT2D eigenvalue weighted by atomic mass is 10.1. The third-order valence-electron chi connectivity index (χ3n) is 2.86. The monoisotopic (exact) mass is 230 g/mol. The van der Waals surface area contributed by atoms with Crippen LogP contribution in [0, 0.1) is 6.07 Å². The summed E-state index contributed by atoms with van der Waals surface area (Å²) in [4.78, 5) is 4.49. The fourth-order valence-electron chi connectivity index (χ4n) is 1.91. The second-order valence-electron chi connectivity index (χ2n) is 4.07. The molecule has 18 heavy (non-hydrogen) atoms. The van der Waals surface area contributed by atoms with Gasteiger partial charge in [-0.25, -0.2) is 0 Å². The van der Waals surface area contributed by atoms with Gasteiger partial charge in [-0.05, 0) is 17.7 Å². The Morgan fingerprint density at radius 3 is 2.22 bits per heavy atom. The van der Waals surface area contributed by atoms with Crippen molar-refractivity contribution in [3.8, 4) is 22.4 Å². The summed E-state index contributed by atoms with van der Waals surface area (Å²) in [6.07, 6.45) is 1.91. The Morgan fingerprint density at radius 2 is 1.56 bits per heavy atom. The van der Waals surface area contributed by atoms with Gasteiger partial charge in [0.1, 0.15) is 0 Å². The van der Waals surface area contributed by atoms with E-state index >= 15 is 0 Å². The van der Waals surface area contributed by atoms with Crippen molar-refractivity contribution in [1.82, 2.24) is 4.98 Å². The zero-order valence-electron chi connectivity index (χ0n) is 9.88. The minimum atomic E-state index is 0.954. The van der Waals surface area contributed by atoms with Gasteiger partial charge in [0.05, 0.1) is 5.69 Å². The maximum absolute atomic E-state index is 4.49. The van der Waals surface area contributed by atoms with Gasteiger partial charge in [0.25, 0.3) is 0 Å². The van der Waals surface area contributed by atoms with Crippen molar-refractivity contribution in [2.75, 3.05) is 0 Å². The smallest absolute Gasteiger partial charge is 0.0708 e. The normalized spacial score (nSPS) is 10.2. The van der Waals surface area contributed by atoms with Crippen LogP contribution in [0.4, 0.5) is 0 Å². The molecule has 3 rings (SSSR count). The summed E-state index contributed by atoms with van der Waals surface area (Å²) in [6.45, 7) is 0. The molecule has 0 unspecified atom stereocenters. The van der Waals surface area contributed by atoms with Crippen LogP contribution in [0.15, 0.2) is 72.9 Å². The maximum Gasteiger partial charge on any atom is 0.0708 e. The molecule has 0 bridgehead atoms. The number of rotatable bonds is 2. The fraction of sp³-hybridized carbons (Fsp3) is 0. The highest BCUT2D eigenvalue weighted by Crippen LogP contribution is 2.21. The first-order valence-electron chi connectivity index (χ1n) is 5.92. The van der Waals surface area contributed by atoms with Gasteiger partial charge in [0.2, 0.25) is 0 Å². The Morgan fingerprint density at radius 1 is 0.722 bits per heavy atom. The maximum atomic E-state index is 4.49. The summed E-state index contributed by atoms with van der Waals surface area (Å²) in [5.41, 5.74) is 4.30. The zero-order chi connectivity index (χ0) is 12.2. The van der Waals surface area contributed by atoms with Gasteiger partial charge in [-0.3, -0.25) is 4.98 Å². The van der Waals surface area contributed by atoms with Crippen LogP contribution in [0.1, 0.15) is 0 Å². The average Bonchev–Trinajstić information content (AvgIpc) is 2.49. The molecule has 0 N–H and O–H groups in total. The van der Waals surface area contributed by atoms with E-state index in [1.54, 1.807) is 0 Å². The van der Waals surface area contributed by atoms with Crippen LogP contribution in [0.3, 0.4) is 0 Å². The third kappa shape index (κ3) is 2.16. The molecule has 1 heteroatoms. The first-order valence-corrected chi connectivity index (χ1v) is 5.92. The Kier molecular flexibility index (Phi) is 2.89. The van der Waals surface area contributed by atoms with Gasteiger partial charge in [-0.15, -0.1) is 0 Å². The van der Waals surface area contributed by atoms with Crippen molar-refractivity contribution in [2.45, 2.75) is 0 Å². The lowest BCUT2D eigenvalue weighted by Crippen LogP contribution is -1.84. The predicted molar refractivity (Wildman–Crippen MR) is 73.9 cm³/mol. The Balaban J connectivity index is 1.95. The minimum Gasteiger partial charge on any atom is -0.256 e. The van der Waals surface area contributed by atoms with Crippen molar-refractivity contribution in [3.63, 3.8) is 0 Å². The molecule has 0 saturated heterocycles. The van der Waals surface area contributed by atoms with Crippen molar-refractivity contribution in [2.24, 2.45) is 0 Å². The number of pyridine rings is 1. The molecule has 1 radical (unpaired) electrons. The van der Waals surface area contributed by atoms with Gasteiger partial charge in [0.15, 0.2) is 0 Å². The van der Waals surface area contributed by atoms with E-state index in [4.69, 9.17) is 0 Å². The van der Waals surface area contributed by atoms with Crippen LogP contribution in [0.25, 0.3) is 22.4 Å². The van der Waals surface area contributed by atoms with Crippen LogP contribution in [-0.4, -0.2) is 4.98 Å². The number of nitrogens with zero attached hydrogens (tertiary/aromatic N) is 1. The zero-order valence-corrected chi connectivity index (χ0v) is 9.88. The van der Waals surface area contributed by atoms with Crippen LogP contribution < -0.4 is 0 Å². The summed E-state index contributed by atoms with van der Waals surface area (Å²) < 4.78 is 0. The quantitative estimate of drug-likeness (QED) is 0.642. The molecule has 3 aromatic rings. The van der Waals surface area contributed by atoms with Crippen molar-refractivity contribution in [3.05, 3.63) is 79.0 Å². The summed E-state index contributed by atoms with van der Waals surface area (Å²) in [5, 5.41) is 0. The van der Waals surface area contributed by atoms with E-state index in [1.165, 1.54) is 5.56 Å². The standard InChI is InChI=1S/C17H12N/c1-3-7-14(8-4-1)16-11-12-17(18-13-16)15-9-5-2-6-10-15/h1-9,11-13H.